The van der Waals surface area contributed by atoms with Gasteiger partial charge in [0.2, 0.25) is 11.8 Å². The highest BCUT2D eigenvalue weighted by atomic mass is 35.5. The number of imide groups is 2. The molecule has 0 spiro atoms. The van der Waals surface area contributed by atoms with Gasteiger partial charge in [-0.3, -0.25) is 29.5 Å². The molecule has 1 saturated carbocycles. The number of benzene rings is 4. The Bertz CT molecular complexity index is 2150. The topological polar surface area (TPSA) is 107 Å². The minimum atomic E-state index is -1.59. The molecule has 6 unspecified atom stereocenters. The van der Waals surface area contributed by atoms with E-state index >= 15 is 4.79 Å². The van der Waals surface area contributed by atoms with Crippen LogP contribution in [0.4, 0.5) is 10.1 Å². The number of hydrazine groups is 1. The molecule has 2 N–H and O–H groups in total. The smallest absolute Gasteiger partial charge is 0.260 e. The summed E-state index contributed by atoms with van der Waals surface area (Å²) < 4.78 is 13.9. The van der Waals surface area contributed by atoms with E-state index in [4.69, 9.17) is 11.6 Å². The normalized spacial score (nSPS) is 26.5. The zero-order valence-corrected chi connectivity index (χ0v) is 28.8. The number of phenols is 1. The average Bonchev–Trinajstić information content (AvgIpc) is 3.51. The first-order valence-electron chi connectivity index (χ1n) is 17.3. The van der Waals surface area contributed by atoms with Crippen LogP contribution in [-0.2, 0) is 37.6 Å². The van der Waals surface area contributed by atoms with Crippen LogP contribution < -0.4 is 5.43 Å². The summed E-state index contributed by atoms with van der Waals surface area (Å²) in [6, 6.07) is 26.8. The number of likely N-dealkylation sites (tertiary alicyclic amines) is 1. The standard InChI is InChI=1S/C42H35ClFN3O5/c1-2-7-25-10-6-11-32(37(25)48)36-30-20-21-31-35(40(51)46(38(31)49)23-24-8-4-3-5-9-24)33(30)22-34-39(50)47(45-29-18-16-28(44)17-19-29)41(52)42(34,36)26-12-14-27(43)15-13-26/h2-6,8-20,31,33-36,45,48H,1,7,21-23H2. The number of allylic oxidation sites excluding steroid dienone is 3. The number of aromatic hydroxyl groups is 1. The monoisotopic (exact) mass is 715 g/mol. The summed E-state index contributed by atoms with van der Waals surface area (Å²) >= 11 is 6.37. The van der Waals surface area contributed by atoms with Gasteiger partial charge in [-0.1, -0.05) is 90.0 Å². The van der Waals surface area contributed by atoms with Gasteiger partial charge in [0.15, 0.2) is 0 Å². The number of nitrogens with zero attached hydrogens (tertiary/aromatic N) is 2. The molecule has 8 nitrogen and oxygen atoms in total. The lowest BCUT2D eigenvalue weighted by Gasteiger charge is -2.50. The number of anilines is 1. The molecule has 3 fully saturated rings. The van der Waals surface area contributed by atoms with Gasteiger partial charge in [0, 0.05) is 16.5 Å². The zero-order valence-electron chi connectivity index (χ0n) is 28.0. The summed E-state index contributed by atoms with van der Waals surface area (Å²) in [5.41, 5.74) is 4.76. The number of carbonyl (C=O) groups excluding carboxylic acids is 4. The van der Waals surface area contributed by atoms with Gasteiger partial charge in [0.05, 0.1) is 35.4 Å². The van der Waals surface area contributed by atoms with Crippen molar-refractivity contribution < 1.29 is 28.7 Å². The zero-order chi connectivity index (χ0) is 36.3. The highest BCUT2D eigenvalue weighted by molar-refractivity contribution is 6.30. The summed E-state index contributed by atoms with van der Waals surface area (Å²) in [4.78, 5) is 59.8. The van der Waals surface area contributed by atoms with Gasteiger partial charge in [0.25, 0.3) is 11.8 Å². The predicted octanol–water partition coefficient (Wildman–Crippen LogP) is 7.10. The molecule has 0 bridgehead atoms. The van der Waals surface area contributed by atoms with Crippen molar-refractivity contribution in [3.05, 3.63) is 154 Å². The van der Waals surface area contributed by atoms with Crippen LogP contribution in [0.2, 0.25) is 5.02 Å². The molecule has 0 radical (unpaired) electrons. The van der Waals surface area contributed by atoms with Crippen molar-refractivity contribution >= 4 is 40.9 Å². The first-order chi connectivity index (χ1) is 25.1. The van der Waals surface area contributed by atoms with E-state index in [9.17, 15) is 23.9 Å². The quantitative estimate of drug-likeness (QED) is 0.149. The van der Waals surface area contributed by atoms with Crippen molar-refractivity contribution in [2.45, 2.75) is 37.1 Å². The second kappa shape index (κ2) is 12.9. The highest BCUT2D eigenvalue weighted by Crippen LogP contribution is 2.65. The Kier molecular flexibility index (Phi) is 8.33. The van der Waals surface area contributed by atoms with E-state index in [2.05, 4.69) is 12.0 Å². The molecule has 4 aromatic rings. The van der Waals surface area contributed by atoms with E-state index in [0.717, 1.165) is 16.1 Å². The largest absolute Gasteiger partial charge is 0.507 e. The van der Waals surface area contributed by atoms with E-state index in [1.54, 1.807) is 48.5 Å². The van der Waals surface area contributed by atoms with E-state index in [-0.39, 0.29) is 37.0 Å². The molecular weight excluding hydrogens is 681 g/mol. The minimum Gasteiger partial charge on any atom is -0.507 e. The predicted molar refractivity (Wildman–Crippen MR) is 193 cm³/mol. The van der Waals surface area contributed by atoms with E-state index in [0.29, 0.717) is 33.8 Å². The molecule has 2 aliphatic heterocycles. The van der Waals surface area contributed by atoms with Crippen molar-refractivity contribution in [1.29, 1.82) is 0 Å². The van der Waals surface area contributed by atoms with Gasteiger partial charge in [-0.05, 0) is 78.3 Å². The third kappa shape index (κ3) is 5.09. The molecule has 0 aromatic heterocycles. The van der Waals surface area contributed by atoms with Crippen LogP contribution in [-0.4, -0.2) is 38.6 Å². The maximum absolute atomic E-state index is 15.3. The lowest BCUT2D eigenvalue weighted by Crippen LogP contribution is -2.53. The molecule has 6 atom stereocenters. The third-order valence-corrected chi connectivity index (χ3v) is 11.6. The summed E-state index contributed by atoms with van der Waals surface area (Å²) in [5.74, 6) is -6.09. The van der Waals surface area contributed by atoms with Crippen molar-refractivity contribution in [3.8, 4) is 5.75 Å². The van der Waals surface area contributed by atoms with E-state index in [1.165, 1.54) is 29.2 Å². The fraction of sp³-hybridized carbons (Fsp3) is 0.238. The number of nitrogens with one attached hydrogen (secondary N) is 1. The van der Waals surface area contributed by atoms with Crippen LogP contribution in [0.1, 0.15) is 41.0 Å². The lowest BCUT2D eigenvalue weighted by molar-refractivity contribution is -0.142. The van der Waals surface area contributed by atoms with Crippen LogP contribution in [0.15, 0.2) is 121 Å². The van der Waals surface area contributed by atoms with E-state index < -0.39 is 52.6 Å². The number of phenolic OH excluding ortho intramolecular Hbond substituents is 1. The number of fused-ring (bicyclic) bond motifs is 4. The van der Waals surface area contributed by atoms with Crippen molar-refractivity contribution in [1.82, 2.24) is 9.91 Å². The van der Waals surface area contributed by atoms with Crippen molar-refractivity contribution in [3.63, 3.8) is 0 Å². The van der Waals surface area contributed by atoms with E-state index in [1.807, 2.05) is 36.4 Å². The van der Waals surface area contributed by atoms with Gasteiger partial charge in [0.1, 0.15) is 11.6 Å². The second-order valence-corrected chi connectivity index (χ2v) is 14.4. The molecule has 10 heteroatoms. The Labute approximate surface area is 305 Å². The van der Waals surface area contributed by atoms with Crippen LogP contribution in [0.3, 0.4) is 0 Å². The van der Waals surface area contributed by atoms with Crippen LogP contribution in [0, 0.1) is 29.5 Å². The SMILES string of the molecule is C=CCc1cccc(C2C3=CCC4C(=O)N(Cc5ccccc5)C(=O)C4C3CC3C(=O)N(Nc4ccc(F)cc4)C(=O)C32c2ccc(Cl)cc2)c1O. The third-order valence-electron chi connectivity index (χ3n) is 11.4. The molecule has 4 aromatic carbocycles. The van der Waals surface area contributed by atoms with Crippen LogP contribution in [0.5, 0.6) is 5.75 Å². The molecule has 2 heterocycles. The number of halogens is 2. The van der Waals surface area contributed by atoms with Crippen LogP contribution in [0.25, 0.3) is 0 Å². The lowest BCUT2D eigenvalue weighted by atomic mass is 9.49. The number of rotatable bonds is 8. The molecule has 4 aliphatic rings. The van der Waals surface area contributed by atoms with Gasteiger partial charge in [-0.15, -0.1) is 6.58 Å². The van der Waals surface area contributed by atoms with Crippen molar-refractivity contribution in [2.24, 2.45) is 23.7 Å². The molecular formula is C42H35ClFN3O5. The Morgan fingerprint density at radius 1 is 0.885 bits per heavy atom. The summed E-state index contributed by atoms with van der Waals surface area (Å²) in [7, 11) is 0. The maximum Gasteiger partial charge on any atom is 0.260 e. The molecule has 262 valence electrons. The Morgan fingerprint density at radius 2 is 1.62 bits per heavy atom. The first kappa shape index (κ1) is 33.6. The summed E-state index contributed by atoms with van der Waals surface area (Å²) in [6.07, 6.45) is 4.34. The molecule has 4 amide bonds. The van der Waals surface area contributed by atoms with Gasteiger partial charge in [-0.25, -0.2) is 4.39 Å². The number of carbonyl (C=O) groups is 4. The minimum absolute atomic E-state index is 0.0344. The second-order valence-electron chi connectivity index (χ2n) is 14.0. The maximum atomic E-state index is 15.3. The molecule has 52 heavy (non-hydrogen) atoms. The fourth-order valence-electron chi connectivity index (χ4n) is 9.15. The summed E-state index contributed by atoms with van der Waals surface area (Å²) in [5, 5.41) is 13.4. The summed E-state index contributed by atoms with van der Waals surface area (Å²) in [6.45, 7) is 3.98. The van der Waals surface area contributed by atoms with Gasteiger partial charge >= 0.3 is 0 Å². The van der Waals surface area contributed by atoms with Crippen molar-refractivity contribution in [2.75, 3.05) is 5.43 Å². The highest BCUT2D eigenvalue weighted by Gasteiger charge is 2.70. The molecule has 8 rings (SSSR count). The Balaban J connectivity index is 1.32. The van der Waals surface area contributed by atoms with Gasteiger partial charge < -0.3 is 5.11 Å². The average molecular weight is 716 g/mol. The number of para-hydroxylation sites is 1. The fourth-order valence-corrected chi connectivity index (χ4v) is 9.28. The Hall–Kier alpha value is -5.54. The first-order valence-corrected chi connectivity index (χ1v) is 17.7. The Morgan fingerprint density at radius 3 is 2.33 bits per heavy atom. The molecule has 2 saturated heterocycles. The van der Waals surface area contributed by atoms with Crippen LogP contribution >= 0.6 is 11.6 Å². The van der Waals surface area contributed by atoms with Gasteiger partial charge in [-0.2, -0.15) is 5.01 Å². The number of amides is 4. The number of hydrogen-bond acceptors (Lipinski definition) is 6. The number of hydrogen-bond donors (Lipinski definition) is 2. The molecule has 2 aliphatic carbocycles.